The number of benzene rings is 1. The van der Waals surface area contributed by atoms with Crippen molar-refractivity contribution in [1.29, 1.82) is 0 Å². The van der Waals surface area contributed by atoms with Crippen LogP contribution in [0.4, 0.5) is 0 Å². The quantitative estimate of drug-likeness (QED) is 0.916. The van der Waals surface area contributed by atoms with Crippen molar-refractivity contribution in [3.8, 4) is 5.69 Å². The molecule has 1 aromatic carbocycles. The summed E-state index contributed by atoms with van der Waals surface area (Å²) >= 11 is 0. The zero-order chi connectivity index (χ0) is 13.8. The van der Waals surface area contributed by atoms with E-state index in [0.717, 1.165) is 31.9 Å². The Labute approximate surface area is 120 Å². The van der Waals surface area contributed by atoms with Gasteiger partial charge in [0.1, 0.15) is 5.82 Å². The van der Waals surface area contributed by atoms with Gasteiger partial charge in [-0.2, -0.15) is 0 Å². The van der Waals surface area contributed by atoms with Crippen molar-refractivity contribution >= 4 is 0 Å². The highest BCUT2D eigenvalue weighted by Crippen LogP contribution is 2.12. The Morgan fingerprint density at radius 2 is 1.90 bits per heavy atom. The topological polar surface area (TPSA) is 33.1 Å². The SMILES string of the molecule is Cc1nccn1-c1ccc(CCN2CCNCC2)cc1. The van der Waals surface area contributed by atoms with E-state index >= 15 is 0 Å². The third-order valence-electron chi connectivity index (χ3n) is 3.97. The minimum absolute atomic E-state index is 1.03. The number of aryl methyl sites for hydroxylation is 1. The Bertz CT molecular complexity index is 538. The van der Waals surface area contributed by atoms with Gasteiger partial charge >= 0.3 is 0 Å². The van der Waals surface area contributed by atoms with Crippen molar-refractivity contribution < 1.29 is 0 Å². The molecule has 0 bridgehead atoms. The maximum atomic E-state index is 4.26. The number of imidazole rings is 1. The van der Waals surface area contributed by atoms with Crippen LogP contribution in [0.15, 0.2) is 36.7 Å². The van der Waals surface area contributed by atoms with E-state index < -0.39 is 0 Å². The fourth-order valence-electron chi connectivity index (χ4n) is 2.70. The molecule has 1 saturated heterocycles. The minimum Gasteiger partial charge on any atom is -0.314 e. The molecule has 1 aliphatic rings. The molecule has 0 spiro atoms. The molecule has 2 heterocycles. The molecule has 0 atom stereocenters. The van der Waals surface area contributed by atoms with Crippen LogP contribution < -0.4 is 5.32 Å². The molecular formula is C16H22N4. The van der Waals surface area contributed by atoms with Crippen LogP contribution in [0.3, 0.4) is 0 Å². The number of nitrogens with one attached hydrogen (secondary N) is 1. The van der Waals surface area contributed by atoms with Crippen LogP contribution in [0.25, 0.3) is 5.69 Å². The summed E-state index contributed by atoms with van der Waals surface area (Å²) in [5.41, 5.74) is 2.59. The van der Waals surface area contributed by atoms with Crippen LogP contribution >= 0.6 is 0 Å². The second kappa shape index (κ2) is 6.20. The van der Waals surface area contributed by atoms with Crippen molar-refractivity contribution in [2.75, 3.05) is 32.7 Å². The Kier molecular flexibility index (Phi) is 4.14. The van der Waals surface area contributed by atoms with Crippen molar-refractivity contribution in [3.05, 3.63) is 48.0 Å². The van der Waals surface area contributed by atoms with Gasteiger partial charge in [-0.1, -0.05) is 12.1 Å². The van der Waals surface area contributed by atoms with Gasteiger partial charge in [0.15, 0.2) is 0 Å². The van der Waals surface area contributed by atoms with E-state index in [2.05, 4.69) is 44.0 Å². The van der Waals surface area contributed by atoms with Crippen LogP contribution in [0, 0.1) is 6.92 Å². The van der Waals surface area contributed by atoms with Gasteiger partial charge in [-0.15, -0.1) is 0 Å². The molecule has 3 rings (SSSR count). The van der Waals surface area contributed by atoms with Crippen molar-refractivity contribution in [1.82, 2.24) is 19.8 Å². The number of piperazine rings is 1. The van der Waals surface area contributed by atoms with Gasteiger partial charge in [0.05, 0.1) is 0 Å². The smallest absolute Gasteiger partial charge is 0.110 e. The standard InChI is InChI=1S/C16H22N4/c1-14-18-9-13-20(14)16-4-2-15(3-5-16)6-10-19-11-7-17-8-12-19/h2-5,9,13,17H,6-8,10-12H2,1H3. The first-order valence-electron chi connectivity index (χ1n) is 7.35. The van der Waals surface area contributed by atoms with Crippen LogP contribution in [-0.2, 0) is 6.42 Å². The minimum atomic E-state index is 1.03. The molecular weight excluding hydrogens is 248 g/mol. The average molecular weight is 270 g/mol. The monoisotopic (exact) mass is 270 g/mol. The molecule has 4 heteroatoms. The summed E-state index contributed by atoms with van der Waals surface area (Å²) in [4.78, 5) is 6.80. The van der Waals surface area contributed by atoms with Crippen LogP contribution in [0.2, 0.25) is 0 Å². The lowest BCUT2D eigenvalue weighted by Crippen LogP contribution is -2.44. The highest BCUT2D eigenvalue weighted by atomic mass is 15.2. The highest BCUT2D eigenvalue weighted by molar-refractivity contribution is 5.35. The van der Waals surface area contributed by atoms with E-state index in [4.69, 9.17) is 0 Å². The van der Waals surface area contributed by atoms with E-state index in [-0.39, 0.29) is 0 Å². The predicted molar refractivity (Wildman–Crippen MR) is 81.3 cm³/mol. The van der Waals surface area contributed by atoms with Crippen molar-refractivity contribution in [3.63, 3.8) is 0 Å². The van der Waals surface area contributed by atoms with Gasteiger partial charge in [0, 0.05) is 50.8 Å². The van der Waals surface area contributed by atoms with Crippen molar-refractivity contribution in [2.45, 2.75) is 13.3 Å². The molecule has 4 nitrogen and oxygen atoms in total. The Morgan fingerprint density at radius 3 is 2.55 bits per heavy atom. The van der Waals surface area contributed by atoms with Crippen LogP contribution in [0.1, 0.15) is 11.4 Å². The van der Waals surface area contributed by atoms with E-state index in [1.807, 2.05) is 19.3 Å². The van der Waals surface area contributed by atoms with E-state index in [1.165, 1.54) is 24.3 Å². The number of aromatic nitrogens is 2. The normalized spacial score (nSPS) is 16.4. The zero-order valence-electron chi connectivity index (χ0n) is 12.0. The summed E-state index contributed by atoms with van der Waals surface area (Å²) in [6.45, 7) is 7.78. The lowest BCUT2D eigenvalue weighted by molar-refractivity contribution is 0.244. The summed E-state index contributed by atoms with van der Waals surface area (Å²) in [6.07, 6.45) is 4.97. The fourth-order valence-corrected chi connectivity index (χ4v) is 2.70. The summed E-state index contributed by atoms with van der Waals surface area (Å²) in [7, 11) is 0. The largest absolute Gasteiger partial charge is 0.314 e. The Hall–Kier alpha value is -1.65. The van der Waals surface area contributed by atoms with Gasteiger partial charge in [0.25, 0.3) is 0 Å². The van der Waals surface area contributed by atoms with E-state index in [9.17, 15) is 0 Å². The molecule has 0 unspecified atom stereocenters. The molecule has 1 aliphatic heterocycles. The number of hydrogen-bond donors (Lipinski definition) is 1. The second-order valence-corrected chi connectivity index (χ2v) is 5.35. The summed E-state index contributed by atoms with van der Waals surface area (Å²) < 4.78 is 2.11. The molecule has 0 aliphatic carbocycles. The predicted octanol–water partition coefficient (Wildman–Crippen LogP) is 1.63. The zero-order valence-corrected chi connectivity index (χ0v) is 12.0. The number of rotatable bonds is 4. The molecule has 1 N–H and O–H groups in total. The molecule has 1 fully saturated rings. The first-order chi connectivity index (χ1) is 9.83. The number of nitrogens with zero attached hydrogens (tertiary/aromatic N) is 3. The first-order valence-corrected chi connectivity index (χ1v) is 7.35. The van der Waals surface area contributed by atoms with E-state index in [1.54, 1.807) is 0 Å². The second-order valence-electron chi connectivity index (χ2n) is 5.35. The van der Waals surface area contributed by atoms with E-state index in [0.29, 0.717) is 0 Å². The summed E-state index contributed by atoms with van der Waals surface area (Å²) in [5.74, 6) is 1.03. The summed E-state index contributed by atoms with van der Waals surface area (Å²) in [6, 6.07) is 8.83. The molecule has 0 amide bonds. The van der Waals surface area contributed by atoms with Crippen LogP contribution in [0.5, 0.6) is 0 Å². The van der Waals surface area contributed by atoms with Gasteiger partial charge in [0.2, 0.25) is 0 Å². The molecule has 0 saturated carbocycles. The summed E-state index contributed by atoms with van der Waals surface area (Å²) in [5, 5.41) is 3.39. The molecule has 20 heavy (non-hydrogen) atoms. The fraction of sp³-hybridized carbons (Fsp3) is 0.438. The van der Waals surface area contributed by atoms with Gasteiger partial charge < -0.3 is 14.8 Å². The highest BCUT2D eigenvalue weighted by Gasteiger charge is 2.09. The maximum Gasteiger partial charge on any atom is 0.110 e. The van der Waals surface area contributed by atoms with Crippen LogP contribution in [-0.4, -0.2) is 47.2 Å². The lowest BCUT2D eigenvalue weighted by Gasteiger charge is -2.27. The molecule has 106 valence electrons. The van der Waals surface area contributed by atoms with Gasteiger partial charge in [-0.3, -0.25) is 0 Å². The van der Waals surface area contributed by atoms with Crippen molar-refractivity contribution in [2.24, 2.45) is 0 Å². The first kappa shape index (κ1) is 13.3. The average Bonchev–Trinajstić information content (AvgIpc) is 2.93. The Balaban J connectivity index is 1.60. The molecule has 0 radical (unpaired) electrons. The van der Waals surface area contributed by atoms with Gasteiger partial charge in [-0.05, 0) is 31.0 Å². The van der Waals surface area contributed by atoms with Gasteiger partial charge in [-0.25, -0.2) is 4.98 Å². The maximum absolute atomic E-state index is 4.26. The Morgan fingerprint density at radius 1 is 1.15 bits per heavy atom. The molecule has 1 aromatic heterocycles. The molecule has 2 aromatic rings. The number of hydrogen-bond acceptors (Lipinski definition) is 3. The third kappa shape index (κ3) is 3.08. The lowest BCUT2D eigenvalue weighted by atomic mass is 10.1. The third-order valence-corrected chi connectivity index (χ3v) is 3.97.